The Morgan fingerprint density at radius 3 is 2.71 bits per heavy atom. The predicted molar refractivity (Wildman–Crippen MR) is 118 cm³/mol. The Labute approximate surface area is 175 Å². The highest BCUT2D eigenvalue weighted by atomic mass is 79.9. The third-order valence-corrected chi connectivity index (χ3v) is 6.22. The summed E-state index contributed by atoms with van der Waals surface area (Å²) in [6.45, 7) is 9.16. The fourth-order valence-corrected chi connectivity index (χ4v) is 4.45. The zero-order valence-corrected chi connectivity index (χ0v) is 18.1. The van der Waals surface area contributed by atoms with Crippen LogP contribution >= 0.6 is 15.9 Å². The molecule has 0 N–H and O–H groups in total. The van der Waals surface area contributed by atoms with Gasteiger partial charge < -0.3 is 14.2 Å². The normalized spacial score (nSPS) is 17.2. The lowest BCUT2D eigenvalue weighted by Gasteiger charge is -2.35. The number of aromatic nitrogens is 1. The summed E-state index contributed by atoms with van der Waals surface area (Å²) in [5.74, 6) is 0.487. The quantitative estimate of drug-likeness (QED) is 0.519. The molecule has 1 saturated heterocycles. The molecule has 0 amide bonds. The van der Waals surface area contributed by atoms with Gasteiger partial charge in [-0.05, 0) is 55.3 Å². The van der Waals surface area contributed by atoms with Crippen molar-refractivity contribution in [2.45, 2.75) is 25.7 Å². The van der Waals surface area contributed by atoms with Gasteiger partial charge in [0.05, 0.1) is 6.26 Å². The SMILES string of the molecule is C[C@H](CN1CCN(CCCc2coc3ccc(Br)cc23)CC1)c1ccccn1. The molecular formula is C23H28BrN3O. The molecular weight excluding hydrogens is 414 g/mol. The molecule has 148 valence electrons. The standard InChI is InChI=1S/C23H28BrN3O/c1-18(22-6-2-3-9-25-22)16-27-13-11-26(12-14-27)10-4-5-19-17-28-23-8-7-20(24)15-21(19)23/h2-3,6-9,15,17-18H,4-5,10-14,16H2,1H3/t18-/m1/s1. The molecule has 1 atom stereocenters. The second kappa shape index (κ2) is 9.21. The van der Waals surface area contributed by atoms with Crippen molar-refractivity contribution in [3.05, 3.63) is 64.6 Å². The van der Waals surface area contributed by atoms with E-state index < -0.39 is 0 Å². The van der Waals surface area contributed by atoms with Crippen molar-refractivity contribution in [3.8, 4) is 0 Å². The van der Waals surface area contributed by atoms with E-state index in [0.29, 0.717) is 5.92 Å². The lowest BCUT2D eigenvalue weighted by atomic mass is 10.1. The smallest absolute Gasteiger partial charge is 0.134 e. The molecule has 4 rings (SSSR count). The van der Waals surface area contributed by atoms with Gasteiger partial charge >= 0.3 is 0 Å². The van der Waals surface area contributed by atoms with Crippen molar-refractivity contribution < 1.29 is 4.42 Å². The van der Waals surface area contributed by atoms with Crippen LogP contribution in [0.2, 0.25) is 0 Å². The number of pyridine rings is 1. The topological polar surface area (TPSA) is 32.5 Å². The van der Waals surface area contributed by atoms with Gasteiger partial charge in [0.25, 0.3) is 0 Å². The van der Waals surface area contributed by atoms with Gasteiger partial charge in [0.2, 0.25) is 0 Å². The van der Waals surface area contributed by atoms with E-state index in [1.165, 1.54) is 23.1 Å². The van der Waals surface area contributed by atoms with Crippen LogP contribution < -0.4 is 0 Å². The second-order valence-corrected chi connectivity index (χ2v) is 8.72. The summed E-state index contributed by atoms with van der Waals surface area (Å²) >= 11 is 3.56. The van der Waals surface area contributed by atoms with E-state index in [2.05, 4.69) is 55.8 Å². The summed E-state index contributed by atoms with van der Waals surface area (Å²) < 4.78 is 6.80. The van der Waals surface area contributed by atoms with E-state index in [0.717, 1.165) is 55.7 Å². The summed E-state index contributed by atoms with van der Waals surface area (Å²) in [4.78, 5) is 9.68. The van der Waals surface area contributed by atoms with Crippen LogP contribution in [0.4, 0.5) is 0 Å². The molecule has 4 nitrogen and oxygen atoms in total. The molecule has 28 heavy (non-hydrogen) atoms. The molecule has 1 aliphatic rings. The van der Waals surface area contributed by atoms with Crippen LogP contribution in [0.25, 0.3) is 11.0 Å². The zero-order valence-electron chi connectivity index (χ0n) is 16.5. The summed E-state index contributed by atoms with van der Waals surface area (Å²) in [7, 11) is 0. The average Bonchev–Trinajstić information content (AvgIpc) is 3.12. The number of aryl methyl sites for hydroxylation is 1. The average molecular weight is 442 g/mol. The molecule has 2 aromatic heterocycles. The fourth-order valence-electron chi connectivity index (χ4n) is 4.08. The molecule has 0 unspecified atom stereocenters. The van der Waals surface area contributed by atoms with Gasteiger partial charge in [-0.1, -0.05) is 28.9 Å². The number of rotatable bonds is 7. The molecule has 1 fully saturated rings. The molecule has 0 bridgehead atoms. The van der Waals surface area contributed by atoms with Gasteiger partial charge in [-0.15, -0.1) is 0 Å². The highest BCUT2D eigenvalue weighted by molar-refractivity contribution is 9.10. The van der Waals surface area contributed by atoms with E-state index in [1.807, 2.05) is 30.7 Å². The molecule has 0 aliphatic carbocycles. The lowest BCUT2D eigenvalue weighted by molar-refractivity contribution is 0.127. The van der Waals surface area contributed by atoms with Crippen molar-refractivity contribution in [1.82, 2.24) is 14.8 Å². The van der Waals surface area contributed by atoms with Gasteiger partial charge in [-0.25, -0.2) is 0 Å². The van der Waals surface area contributed by atoms with Crippen LogP contribution in [0.1, 0.15) is 30.5 Å². The molecule has 0 spiro atoms. The first-order valence-corrected chi connectivity index (χ1v) is 11.0. The van der Waals surface area contributed by atoms with E-state index in [9.17, 15) is 0 Å². The fraction of sp³-hybridized carbons (Fsp3) is 0.435. The minimum absolute atomic E-state index is 0.487. The third kappa shape index (κ3) is 4.83. The number of hydrogen-bond acceptors (Lipinski definition) is 4. The first kappa shape index (κ1) is 19.6. The maximum absolute atomic E-state index is 5.69. The van der Waals surface area contributed by atoms with Crippen LogP contribution in [0.3, 0.4) is 0 Å². The van der Waals surface area contributed by atoms with Gasteiger partial charge in [0.15, 0.2) is 0 Å². The highest BCUT2D eigenvalue weighted by Crippen LogP contribution is 2.26. The van der Waals surface area contributed by atoms with Gasteiger partial charge in [0.1, 0.15) is 5.58 Å². The minimum atomic E-state index is 0.487. The third-order valence-electron chi connectivity index (χ3n) is 5.73. The van der Waals surface area contributed by atoms with Gasteiger partial charge in [0, 0.05) is 60.4 Å². The van der Waals surface area contributed by atoms with Crippen molar-refractivity contribution in [1.29, 1.82) is 0 Å². The molecule has 0 radical (unpaired) electrons. The van der Waals surface area contributed by atoms with Crippen molar-refractivity contribution in [3.63, 3.8) is 0 Å². The van der Waals surface area contributed by atoms with E-state index in [4.69, 9.17) is 4.42 Å². The largest absolute Gasteiger partial charge is 0.464 e. The number of nitrogens with zero attached hydrogens (tertiary/aromatic N) is 3. The number of hydrogen-bond donors (Lipinski definition) is 0. The van der Waals surface area contributed by atoms with Crippen molar-refractivity contribution >= 4 is 26.9 Å². The Hall–Kier alpha value is -1.69. The first-order valence-electron chi connectivity index (χ1n) is 10.2. The molecule has 1 aromatic carbocycles. The Bertz CT molecular complexity index is 887. The van der Waals surface area contributed by atoms with Crippen LogP contribution in [0.15, 0.2) is 57.7 Å². The lowest BCUT2D eigenvalue weighted by Crippen LogP contribution is -2.47. The summed E-state index contributed by atoms with van der Waals surface area (Å²) in [6.07, 6.45) is 6.06. The Morgan fingerprint density at radius 1 is 1.11 bits per heavy atom. The summed E-state index contributed by atoms with van der Waals surface area (Å²) in [5, 5.41) is 1.24. The van der Waals surface area contributed by atoms with Crippen LogP contribution in [-0.4, -0.2) is 54.1 Å². The molecule has 3 heterocycles. The van der Waals surface area contributed by atoms with E-state index in [1.54, 1.807) is 0 Å². The zero-order chi connectivity index (χ0) is 19.3. The van der Waals surface area contributed by atoms with Crippen molar-refractivity contribution in [2.24, 2.45) is 0 Å². The first-order chi connectivity index (χ1) is 13.7. The number of fused-ring (bicyclic) bond motifs is 1. The van der Waals surface area contributed by atoms with Gasteiger partial charge in [-0.2, -0.15) is 0 Å². The Morgan fingerprint density at radius 2 is 1.93 bits per heavy atom. The Kier molecular flexibility index (Phi) is 6.45. The number of halogens is 1. The highest BCUT2D eigenvalue weighted by Gasteiger charge is 2.19. The maximum atomic E-state index is 5.69. The predicted octanol–water partition coefficient (Wildman–Crippen LogP) is 4.94. The van der Waals surface area contributed by atoms with Crippen LogP contribution in [-0.2, 0) is 6.42 Å². The Balaban J connectivity index is 1.21. The van der Waals surface area contributed by atoms with Crippen LogP contribution in [0.5, 0.6) is 0 Å². The molecule has 5 heteroatoms. The number of furan rings is 1. The van der Waals surface area contributed by atoms with Crippen LogP contribution in [0, 0.1) is 0 Å². The number of benzene rings is 1. The molecule has 0 saturated carbocycles. The van der Waals surface area contributed by atoms with Crippen molar-refractivity contribution in [2.75, 3.05) is 39.3 Å². The van der Waals surface area contributed by atoms with E-state index in [-0.39, 0.29) is 0 Å². The monoisotopic (exact) mass is 441 g/mol. The summed E-state index contributed by atoms with van der Waals surface area (Å²) in [6, 6.07) is 12.4. The molecule has 3 aromatic rings. The minimum Gasteiger partial charge on any atom is -0.464 e. The van der Waals surface area contributed by atoms with Gasteiger partial charge in [-0.3, -0.25) is 4.98 Å². The van der Waals surface area contributed by atoms with E-state index >= 15 is 0 Å². The maximum Gasteiger partial charge on any atom is 0.134 e. The second-order valence-electron chi connectivity index (χ2n) is 7.80. The summed E-state index contributed by atoms with van der Waals surface area (Å²) in [5.41, 5.74) is 3.50. The molecule has 1 aliphatic heterocycles. The number of piperazine rings is 1.